The number of alkyl halides is 1. The number of halogens is 1. The molecule has 2 nitrogen and oxygen atoms in total. The molecule has 0 atom stereocenters. The molecule has 1 aromatic rings. The zero-order valence-electron chi connectivity index (χ0n) is 12.8. The standard InChI is InChI=1S/C18H25BrO2/c1-2-3-4-5-14-6-8-15(9-7-14)18(20)21-17-12-10-16(19)11-13-17/h6-9,16-17H,2-5,10-13H2,1H3. The minimum absolute atomic E-state index is 0.0931. The van der Waals surface area contributed by atoms with Crippen molar-refractivity contribution in [1.29, 1.82) is 0 Å². The van der Waals surface area contributed by atoms with Crippen LogP contribution in [-0.4, -0.2) is 16.9 Å². The highest BCUT2D eigenvalue weighted by atomic mass is 79.9. The molecule has 116 valence electrons. The molecule has 2 rings (SSSR count). The van der Waals surface area contributed by atoms with E-state index in [9.17, 15) is 4.79 Å². The van der Waals surface area contributed by atoms with E-state index >= 15 is 0 Å². The number of esters is 1. The number of ether oxygens (including phenoxy) is 1. The van der Waals surface area contributed by atoms with Crippen molar-refractivity contribution in [1.82, 2.24) is 0 Å². The molecule has 0 spiro atoms. The van der Waals surface area contributed by atoms with Crippen LogP contribution in [0.4, 0.5) is 0 Å². The van der Waals surface area contributed by atoms with Gasteiger partial charge in [0.15, 0.2) is 0 Å². The van der Waals surface area contributed by atoms with Crippen molar-refractivity contribution in [2.24, 2.45) is 0 Å². The molecule has 1 fully saturated rings. The van der Waals surface area contributed by atoms with Crippen molar-refractivity contribution in [3.05, 3.63) is 35.4 Å². The zero-order valence-corrected chi connectivity index (χ0v) is 14.4. The fourth-order valence-electron chi connectivity index (χ4n) is 2.75. The Morgan fingerprint density at radius 3 is 2.43 bits per heavy atom. The number of carbonyl (C=O) groups excluding carboxylic acids is 1. The van der Waals surface area contributed by atoms with Gasteiger partial charge in [-0.2, -0.15) is 0 Å². The van der Waals surface area contributed by atoms with Gasteiger partial charge in [-0.1, -0.05) is 47.8 Å². The van der Waals surface area contributed by atoms with Crippen LogP contribution in [0.3, 0.4) is 0 Å². The Morgan fingerprint density at radius 1 is 1.14 bits per heavy atom. The predicted molar refractivity (Wildman–Crippen MR) is 90.1 cm³/mol. The molecule has 0 N–H and O–H groups in total. The van der Waals surface area contributed by atoms with Gasteiger partial charge < -0.3 is 4.74 Å². The van der Waals surface area contributed by atoms with Gasteiger partial charge in [-0.3, -0.25) is 0 Å². The summed E-state index contributed by atoms with van der Waals surface area (Å²) >= 11 is 3.62. The van der Waals surface area contributed by atoms with Crippen LogP contribution in [0.1, 0.15) is 67.8 Å². The Morgan fingerprint density at radius 2 is 1.81 bits per heavy atom. The molecule has 0 amide bonds. The largest absolute Gasteiger partial charge is 0.459 e. The number of hydrogen-bond donors (Lipinski definition) is 0. The fourth-order valence-corrected chi connectivity index (χ4v) is 3.27. The molecule has 0 unspecified atom stereocenters. The van der Waals surface area contributed by atoms with Gasteiger partial charge in [-0.05, 0) is 56.2 Å². The second-order valence-electron chi connectivity index (χ2n) is 5.93. The highest BCUT2D eigenvalue weighted by molar-refractivity contribution is 9.09. The third-order valence-corrected chi connectivity index (χ3v) is 5.05. The van der Waals surface area contributed by atoms with E-state index in [4.69, 9.17) is 4.74 Å². The Labute approximate surface area is 136 Å². The van der Waals surface area contributed by atoms with Crippen molar-refractivity contribution < 1.29 is 9.53 Å². The molecule has 1 saturated carbocycles. The van der Waals surface area contributed by atoms with E-state index in [2.05, 4.69) is 35.0 Å². The SMILES string of the molecule is CCCCCc1ccc(C(=O)OC2CCC(Br)CC2)cc1. The van der Waals surface area contributed by atoms with Crippen LogP contribution in [0.5, 0.6) is 0 Å². The maximum Gasteiger partial charge on any atom is 0.338 e. The van der Waals surface area contributed by atoms with Gasteiger partial charge in [-0.15, -0.1) is 0 Å². The number of aryl methyl sites for hydroxylation is 1. The van der Waals surface area contributed by atoms with E-state index in [1.165, 1.54) is 24.8 Å². The van der Waals surface area contributed by atoms with E-state index in [1.807, 2.05) is 12.1 Å². The molecule has 0 bridgehead atoms. The molecule has 21 heavy (non-hydrogen) atoms. The van der Waals surface area contributed by atoms with E-state index < -0.39 is 0 Å². The average Bonchev–Trinajstić information content (AvgIpc) is 2.50. The number of carbonyl (C=O) groups is 1. The maximum absolute atomic E-state index is 12.1. The second kappa shape index (κ2) is 8.57. The predicted octanol–water partition coefficient (Wildman–Crippen LogP) is 5.28. The molecule has 0 heterocycles. The van der Waals surface area contributed by atoms with Crippen LogP contribution in [0.15, 0.2) is 24.3 Å². The first kappa shape index (κ1) is 16.5. The number of benzene rings is 1. The molecule has 0 saturated heterocycles. The Balaban J connectivity index is 1.82. The summed E-state index contributed by atoms with van der Waals surface area (Å²) in [5.41, 5.74) is 1.98. The lowest BCUT2D eigenvalue weighted by Gasteiger charge is -2.25. The molecule has 0 radical (unpaired) electrons. The smallest absolute Gasteiger partial charge is 0.338 e. The Hall–Kier alpha value is -0.830. The summed E-state index contributed by atoms with van der Waals surface area (Å²) in [6, 6.07) is 7.92. The third-order valence-electron chi connectivity index (χ3n) is 4.14. The molecule has 3 heteroatoms. The van der Waals surface area contributed by atoms with Crippen LogP contribution in [0, 0.1) is 0 Å². The van der Waals surface area contributed by atoms with Gasteiger partial charge in [-0.25, -0.2) is 4.79 Å². The van der Waals surface area contributed by atoms with E-state index in [0.29, 0.717) is 10.4 Å². The summed E-state index contributed by atoms with van der Waals surface area (Å²) in [5.74, 6) is -0.173. The zero-order chi connectivity index (χ0) is 15.1. The van der Waals surface area contributed by atoms with Crippen LogP contribution >= 0.6 is 15.9 Å². The molecule has 1 aliphatic carbocycles. The summed E-state index contributed by atoms with van der Waals surface area (Å²) < 4.78 is 5.60. The lowest BCUT2D eigenvalue weighted by atomic mass is 9.97. The second-order valence-corrected chi connectivity index (χ2v) is 7.23. The minimum Gasteiger partial charge on any atom is -0.459 e. The molecule has 1 aliphatic rings. The number of unbranched alkanes of at least 4 members (excludes halogenated alkanes) is 2. The maximum atomic E-state index is 12.1. The summed E-state index contributed by atoms with van der Waals surface area (Å²) in [5, 5.41) is 0. The summed E-state index contributed by atoms with van der Waals surface area (Å²) in [6.07, 6.45) is 9.03. The molecule has 0 aromatic heterocycles. The van der Waals surface area contributed by atoms with Crippen molar-refractivity contribution in [3.8, 4) is 0 Å². The van der Waals surface area contributed by atoms with Gasteiger partial charge in [0.05, 0.1) is 5.56 Å². The van der Waals surface area contributed by atoms with E-state index in [-0.39, 0.29) is 12.1 Å². The number of hydrogen-bond acceptors (Lipinski definition) is 2. The minimum atomic E-state index is -0.173. The topological polar surface area (TPSA) is 26.3 Å². The lowest BCUT2D eigenvalue weighted by molar-refractivity contribution is 0.0216. The van der Waals surface area contributed by atoms with Crippen molar-refractivity contribution >= 4 is 21.9 Å². The molecular formula is C18H25BrO2. The van der Waals surface area contributed by atoms with Crippen LogP contribution < -0.4 is 0 Å². The van der Waals surface area contributed by atoms with Crippen molar-refractivity contribution in [2.45, 2.75) is 69.2 Å². The van der Waals surface area contributed by atoms with Gasteiger partial charge in [0, 0.05) is 4.83 Å². The van der Waals surface area contributed by atoms with Gasteiger partial charge in [0.2, 0.25) is 0 Å². The molecule has 1 aromatic carbocycles. The first-order chi connectivity index (χ1) is 10.2. The van der Waals surface area contributed by atoms with E-state index in [1.54, 1.807) is 0 Å². The fraction of sp³-hybridized carbons (Fsp3) is 0.611. The first-order valence-electron chi connectivity index (χ1n) is 8.13. The number of rotatable bonds is 6. The van der Waals surface area contributed by atoms with Crippen molar-refractivity contribution in [3.63, 3.8) is 0 Å². The summed E-state index contributed by atoms with van der Waals surface area (Å²) in [6.45, 7) is 2.21. The average molecular weight is 353 g/mol. The summed E-state index contributed by atoms with van der Waals surface area (Å²) in [7, 11) is 0. The highest BCUT2D eigenvalue weighted by Gasteiger charge is 2.22. The van der Waals surface area contributed by atoms with Gasteiger partial charge in [0.1, 0.15) is 6.10 Å². The normalized spacial score (nSPS) is 22.0. The van der Waals surface area contributed by atoms with Gasteiger partial charge in [0.25, 0.3) is 0 Å². The Kier molecular flexibility index (Phi) is 6.75. The highest BCUT2D eigenvalue weighted by Crippen LogP contribution is 2.26. The van der Waals surface area contributed by atoms with Crippen LogP contribution in [0.2, 0.25) is 0 Å². The van der Waals surface area contributed by atoms with Crippen molar-refractivity contribution in [2.75, 3.05) is 0 Å². The Bertz CT molecular complexity index is 433. The third kappa shape index (κ3) is 5.46. The van der Waals surface area contributed by atoms with E-state index in [0.717, 1.165) is 32.1 Å². The monoisotopic (exact) mass is 352 g/mol. The van der Waals surface area contributed by atoms with Crippen LogP contribution in [0.25, 0.3) is 0 Å². The quantitative estimate of drug-likeness (QED) is 0.395. The molecule has 0 aliphatic heterocycles. The lowest BCUT2D eigenvalue weighted by Crippen LogP contribution is -2.24. The summed E-state index contributed by atoms with van der Waals surface area (Å²) in [4.78, 5) is 12.7. The van der Waals surface area contributed by atoms with Crippen LogP contribution in [-0.2, 0) is 11.2 Å². The van der Waals surface area contributed by atoms with Gasteiger partial charge >= 0.3 is 5.97 Å². The first-order valence-corrected chi connectivity index (χ1v) is 9.04. The molecular weight excluding hydrogens is 328 g/mol.